The molecule has 2 N–H and O–H groups in total. The lowest BCUT2D eigenvalue weighted by Crippen LogP contribution is -2.59. The van der Waals surface area contributed by atoms with Gasteiger partial charge in [0.25, 0.3) is 0 Å². The first kappa shape index (κ1) is 53.4. The van der Waals surface area contributed by atoms with Gasteiger partial charge in [0.2, 0.25) is 0 Å². The van der Waals surface area contributed by atoms with Crippen LogP contribution in [0.2, 0.25) is 0 Å². The van der Waals surface area contributed by atoms with Crippen LogP contribution < -0.4 is 0 Å². The minimum Gasteiger partial charge on any atom is -0.459 e. The predicted molar refractivity (Wildman–Crippen MR) is 247 cm³/mol. The van der Waals surface area contributed by atoms with Gasteiger partial charge in [0.15, 0.2) is 25.2 Å². The van der Waals surface area contributed by atoms with E-state index in [2.05, 4.69) is 6.08 Å². The van der Waals surface area contributed by atoms with E-state index in [-0.39, 0.29) is 65.9 Å². The average molecular weight is 979 g/mol. The largest absolute Gasteiger partial charge is 0.459 e. The summed E-state index contributed by atoms with van der Waals surface area (Å²) in [5.41, 5.74) is 0.801. The molecule has 8 rings (SSSR count). The van der Waals surface area contributed by atoms with Crippen LogP contribution in [0, 0.1) is 29.6 Å². The molecule has 7 fully saturated rings. The van der Waals surface area contributed by atoms with Crippen LogP contribution in [0.4, 0.5) is 0 Å². The van der Waals surface area contributed by atoms with Gasteiger partial charge in [-0.2, -0.15) is 0 Å². The summed E-state index contributed by atoms with van der Waals surface area (Å²) in [5, 5.41) is 22.9. The van der Waals surface area contributed by atoms with E-state index in [1.807, 2.05) is 27.7 Å². The number of aliphatic hydroxyl groups is 2. The number of ether oxygens (including phenoxy) is 13. The zero-order valence-corrected chi connectivity index (χ0v) is 42.7. The molecule has 0 radical (unpaired) electrons. The van der Waals surface area contributed by atoms with Gasteiger partial charge in [-0.25, -0.2) is 4.79 Å². The van der Waals surface area contributed by atoms with Gasteiger partial charge in [-0.15, -0.1) is 0 Å². The fraction of sp³-hybridized carbons (Fsp3) is 0.885. The molecule has 4 heterocycles. The number of hydrogen-bond acceptors (Lipinski definition) is 17. The van der Waals surface area contributed by atoms with Gasteiger partial charge in [-0.05, 0) is 111 Å². The van der Waals surface area contributed by atoms with E-state index in [4.69, 9.17) is 61.6 Å². The number of esters is 1. The van der Waals surface area contributed by atoms with Crippen molar-refractivity contribution in [3.63, 3.8) is 0 Å². The maximum atomic E-state index is 13.1. The number of carbonyl (C=O) groups is 2. The van der Waals surface area contributed by atoms with Crippen LogP contribution in [0.25, 0.3) is 0 Å². The Labute approximate surface area is 408 Å². The van der Waals surface area contributed by atoms with Gasteiger partial charge in [0, 0.05) is 71.5 Å². The van der Waals surface area contributed by atoms with Crippen molar-refractivity contribution in [2.45, 2.75) is 235 Å². The highest BCUT2D eigenvalue weighted by atomic mass is 16.8. The molecule has 0 aromatic heterocycles. The van der Waals surface area contributed by atoms with E-state index in [1.165, 1.54) is 5.57 Å². The molecule has 17 heteroatoms. The number of aliphatic hydroxyl groups excluding tert-OH is 1. The van der Waals surface area contributed by atoms with E-state index >= 15 is 0 Å². The molecule has 0 spiro atoms. The molecule has 8 aliphatic rings. The summed E-state index contributed by atoms with van der Waals surface area (Å²) in [4.78, 5) is 26.0. The van der Waals surface area contributed by atoms with E-state index < -0.39 is 91.6 Å². The fourth-order valence-corrected chi connectivity index (χ4v) is 13.6. The number of hydrogen-bond donors (Lipinski definition) is 2. The monoisotopic (exact) mass is 979 g/mol. The fourth-order valence-electron chi connectivity index (χ4n) is 13.6. The Kier molecular flexibility index (Phi) is 17.5. The van der Waals surface area contributed by atoms with E-state index in [9.17, 15) is 19.8 Å². The molecule has 3 saturated carbocycles. The number of allylic oxidation sites excluding steroid dienone is 2. The molecule has 4 aliphatic heterocycles. The third-order valence-electron chi connectivity index (χ3n) is 17.4. The highest BCUT2D eigenvalue weighted by Gasteiger charge is 2.64. The number of Topliss-reactive ketones (excluding diaryl/α,β-unsaturated/α-hetero) is 1. The second kappa shape index (κ2) is 22.7. The second-order valence-electron chi connectivity index (χ2n) is 21.3. The molecule has 24 atom stereocenters. The molecule has 0 aromatic rings. The maximum absolute atomic E-state index is 13.1. The number of rotatable bonds is 15. The van der Waals surface area contributed by atoms with Gasteiger partial charge < -0.3 is 71.8 Å². The molecular formula is C52H82O17. The molecule has 0 aromatic carbocycles. The smallest absolute Gasteiger partial charge is 0.333 e. The quantitative estimate of drug-likeness (QED) is 0.119. The normalized spacial score (nSPS) is 48.2. The minimum atomic E-state index is -1.06. The van der Waals surface area contributed by atoms with Crippen LogP contribution in [0.1, 0.15) is 119 Å². The summed E-state index contributed by atoms with van der Waals surface area (Å²) in [6.45, 7) is 12.8. The van der Waals surface area contributed by atoms with Crippen molar-refractivity contribution < 1.29 is 81.4 Å². The zero-order chi connectivity index (χ0) is 49.5. The van der Waals surface area contributed by atoms with E-state index in [0.717, 1.165) is 25.7 Å². The molecule has 17 nitrogen and oxygen atoms in total. The standard InChI is InChI=1S/C52H82O17/c1-12-25(2)51(55)66-37-20-35-34-15-14-32(19-31(34)13-16-36(35)52(56)18-17-33(26(3)53)46(37)52)65-42-22-39(58-9)48(28(5)62-42)68-44-24-41(60-11)50(30(7)64-44)69-45-23-40(59-10)49(29(6)63-45)67-43-21-38(57-8)47(54)27(4)61-43/h12-13,27-30,32-50,54,56H,14-24H2,1-11H3/b25-12+/t27-,28-,29-,30-,32+,33-,34+,35-,36+,37-,38+,39+,40+,41+,42+,43+,44+,45+,46+,47-,48-,49-,50-,52+/m1/s1. The maximum Gasteiger partial charge on any atom is 0.333 e. The first-order valence-electron chi connectivity index (χ1n) is 25.8. The van der Waals surface area contributed by atoms with Gasteiger partial charge in [-0.1, -0.05) is 17.7 Å². The summed E-state index contributed by atoms with van der Waals surface area (Å²) in [6.07, 6.45) is 2.69. The summed E-state index contributed by atoms with van der Waals surface area (Å²) in [7, 11) is 6.56. The number of ketones is 1. The summed E-state index contributed by atoms with van der Waals surface area (Å²) < 4.78 is 81.5. The van der Waals surface area contributed by atoms with Gasteiger partial charge >= 0.3 is 5.97 Å². The lowest BCUT2D eigenvalue weighted by atomic mass is 9.53. The van der Waals surface area contributed by atoms with E-state index in [0.29, 0.717) is 50.5 Å². The van der Waals surface area contributed by atoms with Crippen LogP contribution in [-0.2, 0) is 71.2 Å². The van der Waals surface area contributed by atoms with Crippen molar-refractivity contribution in [3.05, 3.63) is 23.3 Å². The predicted octanol–water partition coefficient (Wildman–Crippen LogP) is 5.48. The lowest BCUT2D eigenvalue weighted by Gasteiger charge is -2.55. The zero-order valence-electron chi connectivity index (χ0n) is 42.7. The van der Waals surface area contributed by atoms with Crippen LogP contribution >= 0.6 is 0 Å². The molecular weight excluding hydrogens is 897 g/mol. The van der Waals surface area contributed by atoms with Crippen molar-refractivity contribution in [2.75, 3.05) is 28.4 Å². The van der Waals surface area contributed by atoms with Crippen LogP contribution in [-0.4, -0.2) is 167 Å². The minimum absolute atomic E-state index is 0.00798. The van der Waals surface area contributed by atoms with Crippen molar-refractivity contribution >= 4 is 11.8 Å². The van der Waals surface area contributed by atoms with Gasteiger partial charge in [0.05, 0.1) is 60.5 Å². The third-order valence-corrected chi connectivity index (χ3v) is 17.4. The Morgan fingerprint density at radius 3 is 1.65 bits per heavy atom. The Morgan fingerprint density at radius 2 is 1.16 bits per heavy atom. The Hall–Kier alpha value is -1.94. The topological polar surface area (TPSA) is 195 Å². The SMILES string of the molecule is C/C=C(\C)C(=O)O[C@@H]1C[C@@H]2[C@H]3CC[C@H](O[C@H]4C[C@H](OC)[C@H](O[C@H]5C[C@H](OC)[C@H](O[C@H]6C[C@H](OC)[C@H](O[C@H]7C[C@H](OC)[C@H](O)[C@@H](C)O7)[C@@H](C)O6)[C@@H](C)O5)[C@@H](C)O4)CC3=CC[C@@H]2[C@@]2(O)CC[C@H](C(C)=O)[C@@H]12. The number of methoxy groups -OCH3 is 4. The molecule has 392 valence electrons. The molecule has 0 bridgehead atoms. The summed E-state index contributed by atoms with van der Waals surface area (Å²) >= 11 is 0. The lowest BCUT2D eigenvalue weighted by molar-refractivity contribution is -0.347. The van der Waals surface area contributed by atoms with Crippen molar-refractivity contribution in [3.8, 4) is 0 Å². The van der Waals surface area contributed by atoms with Crippen molar-refractivity contribution in [2.24, 2.45) is 29.6 Å². The Balaban J connectivity index is 0.836. The molecule has 4 saturated heterocycles. The first-order chi connectivity index (χ1) is 33.0. The van der Waals surface area contributed by atoms with Gasteiger partial charge in [-0.3, -0.25) is 4.79 Å². The third kappa shape index (κ3) is 11.1. The van der Waals surface area contributed by atoms with Gasteiger partial charge in [0.1, 0.15) is 36.3 Å². The molecule has 69 heavy (non-hydrogen) atoms. The molecule has 0 amide bonds. The van der Waals surface area contributed by atoms with Crippen molar-refractivity contribution in [1.82, 2.24) is 0 Å². The second-order valence-corrected chi connectivity index (χ2v) is 21.3. The first-order valence-corrected chi connectivity index (χ1v) is 25.8. The van der Waals surface area contributed by atoms with E-state index in [1.54, 1.807) is 55.3 Å². The van der Waals surface area contributed by atoms with Crippen molar-refractivity contribution in [1.29, 1.82) is 0 Å². The Morgan fingerprint density at radius 1 is 0.667 bits per heavy atom. The average Bonchev–Trinajstić information content (AvgIpc) is 3.70. The summed E-state index contributed by atoms with van der Waals surface area (Å²) in [6, 6.07) is 0. The highest BCUT2D eigenvalue weighted by Crippen LogP contribution is 2.60. The Bertz CT molecular complexity index is 1810. The van der Waals surface area contributed by atoms with Crippen LogP contribution in [0.5, 0.6) is 0 Å². The van der Waals surface area contributed by atoms with Crippen LogP contribution in [0.3, 0.4) is 0 Å². The highest BCUT2D eigenvalue weighted by molar-refractivity contribution is 5.88. The number of carbonyl (C=O) groups excluding carboxylic acids is 2. The molecule has 0 unspecified atom stereocenters. The molecule has 4 aliphatic carbocycles. The van der Waals surface area contributed by atoms with Crippen LogP contribution in [0.15, 0.2) is 23.3 Å². The summed E-state index contributed by atoms with van der Waals surface area (Å²) in [5.74, 6) is -0.641. The number of fused-ring (bicyclic) bond motifs is 5.